The van der Waals surface area contributed by atoms with Crippen LogP contribution in [0.2, 0.25) is 0 Å². The Labute approximate surface area is 441 Å². The molecule has 0 spiro atoms. The first kappa shape index (κ1) is 64.1. The van der Waals surface area contributed by atoms with Crippen molar-refractivity contribution in [2.45, 2.75) is 227 Å². The summed E-state index contributed by atoms with van der Waals surface area (Å²) in [7, 11) is 0. The first-order chi connectivity index (χ1) is 33.2. The number of carbonyl (C=O) groups is 2. The standard InChI is InChI=1S/C13H26N.C11H19NO.C11H21N.C6H13N.C6H15N.C5H7ClO.C4H8O.C2H5I/c1-2-14(12-13-8-7-9-13)10-5-3-4-6-11-14;13-11(10-6-5-7-10)12-8-3-1-2-4-9-12;1-2-4-9-12(8-3-1)10-11-6-5-7-11;1-2-4-6-7-5-3-1;1-4-7(5-2)6-3;6-5(7)4-2-1-3-4;1-2-4-5-3-1;1-2-3/h13H,2-12H2,1H3;10H,1-9H2;11H,1-10H2;7H,1-6H2;4-6H2,1-3H3;4H,1-3H2;1-4H2;2H2,1H3/q+1;;;;;;;. The molecule has 5 heterocycles. The molecule has 0 bridgehead atoms. The van der Waals surface area contributed by atoms with Crippen LogP contribution in [-0.2, 0) is 14.3 Å². The maximum atomic E-state index is 11.9. The Morgan fingerprint density at radius 3 is 1.31 bits per heavy atom. The van der Waals surface area contributed by atoms with Crippen molar-refractivity contribution in [3.8, 4) is 0 Å². The third kappa shape index (κ3) is 30.9. The van der Waals surface area contributed by atoms with Crippen molar-refractivity contribution in [3.05, 3.63) is 0 Å². The van der Waals surface area contributed by atoms with E-state index in [-0.39, 0.29) is 11.2 Å². The van der Waals surface area contributed by atoms with Gasteiger partial charge in [0, 0.05) is 50.6 Å². The van der Waals surface area contributed by atoms with Gasteiger partial charge in [-0.15, -0.1) is 0 Å². The molecule has 8 nitrogen and oxygen atoms in total. The summed E-state index contributed by atoms with van der Waals surface area (Å²) >= 11 is 7.43. The Kier molecular flexibility index (Phi) is 40.9. The number of carbonyl (C=O) groups excluding carboxylic acids is 2. The molecule has 9 fully saturated rings. The van der Waals surface area contributed by atoms with Crippen molar-refractivity contribution in [2.75, 3.05) is 109 Å². The lowest BCUT2D eigenvalue weighted by Crippen LogP contribution is -2.52. The number of hydrogen-bond donors (Lipinski definition) is 1. The van der Waals surface area contributed by atoms with Gasteiger partial charge >= 0.3 is 0 Å². The molecule has 5 aliphatic heterocycles. The van der Waals surface area contributed by atoms with E-state index < -0.39 is 0 Å². The van der Waals surface area contributed by atoms with E-state index in [1.54, 1.807) is 0 Å². The Bertz CT molecular complexity index is 1100. The van der Waals surface area contributed by atoms with Gasteiger partial charge in [0.25, 0.3) is 0 Å². The van der Waals surface area contributed by atoms with Crippen LogP contribution < -0.4 is 5.32 Å². The summed E-state index contributed by atoms with van der Waals surface area (Å²) in [6.07, 6.45) is 40.9. The highest BCUT2D eigenvalue weighted by atomic mass is 127. The predicted octanol–water partition coefficient (Wildman–Crippen LogP) is 14.3. The highest BCUT2D eigenvalue weighted by Crippen LogP contribution is 2.32. The van der Waals surface area contributed by atoms with E-state index in [0.29, 0.717) is 11.8 Å². The topological polar surface area (TPSA) is 65.1 Å². The largest absolute Gasteiger partial charge is 0.381 e. The summed E-state index contributed by atoms with van der Waals surface area (Å²) in [6.45, 7) is 31.2. The second kappa shape index (κ2) is 43.4. The van der Waals surface area contributed by atoms with E-state index in [1.807, 2.05) is 0 Å². The Balaban J connectivity index is 0.000000277. The van der Waals surface area contributed by atoms with Crippen LogP contribution in [0.25, 0.3) is 0 Å². The predicted molar refractivity (Wildman–Crippen MR) is 303 cm³/mol. The Hall–Kier alpha value is -0.0400. The van der Waals surface area contributed by atoms with Crippen molar-refractivity contribution < 1.29 is 18.8 Å². The smallest absolute Gasteiger partial charge is 0.225 e. The fourth-order valence-corrected chi connectivity index (χ4v) is 10.8. The number of halogens is 2. The molecule has 1 amide bonds. The SMILES string of the molecule is C1CCCN(CC2CCC2)CC1.C1CCCNCC1.C1CCOC1.CCI.CCN(CC)CC.CC[N+]1(CC2CCC2)CCCCCC1.O=C(C1CCC1)N1CCCCCC1.O=C(Cl)C1CCC1. The molecule has 0 aromatic heterocycles. The molecule has 68 heavy (non-hydrogen) atoms. The van der Waals surface area contributed by atoms with Crippen LogP contribution in [0.4, 0.5) is 0 Å². The molecule has 10 heteroatoms. The lowest BCUT2D eigenvalue weighted by Gasteiger charge is -2.42. The minimum Gasteiger partial charge on any atom is -0.381 e. The molecule has 5 saturated heterocycles. The normalized spacial score (nSPS) is 23.3. The van der Waals surface area contributed by atoms with Crippen LogP contribution in [0.5, 0.6) is 0 Å². The van der Waals surface area contributed by atoms with E-state index in [9.17, 15) is 9.59 Å². The molecule has 402 valence electrons. The molecule has 1 N–H and O–H groups in total. The van der Waals surface area contributed by atoms with Crippen molar-refractivity contribution >= 4 is 45.3 Å². The van der Waals surface area contributed by atoms with Crippen LogP contribution >= 0.6 is 34.2 Å². The zero-order valence-corrected chi connectivity index (χ0v) is 48.7. The van der Waals surface area contributed by atoms with Crippen molar-refractivity contribution in [3.63, 3.8) is 0 Å². The second-order valence-electron chi connectivity index (χ2n) is 21.7. The van der Waals surface area contributed by atoms with Crippen LogP contribution in [0, 0.1) is 23.7 Å². The molecular weight excluding hydrogens is 977 g/mol. The Morgan fingerprint density at radius 1 is 0.559 bits per heavy atom. The number of amides is 1. The number of nitrogens with one attached hydrogen (secondary N) is 1. The van der Waals surface area contributed by atoms with Gasteiger partial charge in [0.15, 0.2) is 0 Å². The zero-order chi connectivity index (χ0) is 49.3. The lowest BCUT2D eigenvalue weighted by molar-refractivity contribution is -0.929. The minimum absolute atomic E-state index is 0.147. The van der Waals surface area contributed by atoms with Gasteiger partial charge in [-0.3, -0.25) is 9.59 Å². The number of rotatable bonds is 10. The van der Waals surface area contributed by atoms with Gasteiger partial charge in [-0.25, -0.2) is 0 Å². The maximum Gasteiger partial charge on any atom is 0.225 e. The molecular formula is C58H114ClIN5O3+. The second-order valence-corrected chi connectivity index (χ2v) is 23.6. The van der Waals surface area contributed by atoms with Gasteiger partial charge in [-0.05, 0) is 203 Å². The van der Waals surface area contributed by atoms with Gasteiger partial charge in [0.1, 0.15) is 0 Å². The van der Waals surface area contributed by atoms with Crippen LogP contribution in [0.1, 0.15) is 227 Å². The monoisotopic (exact) mass is 1090 g/mol. The average molecular weight is 1090 g/mol. The van der Waals surface area contributed by atoms with Gasteiger partial charge in [-0.2, -0.15) is 0 Å². The third-order valence-electron chi connectivity index (χ3n) is 16.4. The molecule has 0 atom stereocenters. The summed E-state index contributed by atoms with van der Waals surface area (Å²) in [4.78, 5) is 29.2. The van der Waals surface area contributed by atoms with E-state index in [1.165, 1.54) is 254 Å². The van der Waals surface area contributed by atoms with Crippen molar-refractivity contribution in [1.29, 1.82) is 0 Å². The highest BCUT2D eigenvalue weighted by molar-refractivity contribution is 14.1. The van der Waals surface area contributed by atoms with Crippen molar-refractivity contribution in [1.82, 2.24) is 20.0 Å². The van der Waals surface area contributed by atoms with Gasteiger partial charge in [0.05, 0.1) is 26.2 Å². The summed E-state index contributed by atoms with van der Waals surface area (Å²) < 4.78 is 7.63. The summed E-state index contributed by atoms with van der Waals surface area (Å²) in [6, 6.07) is 0. The molecule has 0 radical (unpaired) electrons. The van der Waals surface area contributed by atoms with E-state index >= 15 is 0 Å². The fourth-order valence-electron chi connectivity index (χ4n) is 10.6. The number of likely N-dealkylation sites (tertiary alicyclic amines) is 3. The highest BCUT2D eigenvalue weighted by Gasteiger charge is 2.33. The van der Waals surface area contributed by atoms with Gasteiger partial charge < -0.3 is 29.2 Å². The Morgan fingerprint density at radius 2 is 0.985 bits per heavy atom. The number of alkyl halides is 1. The molecule has 4 saturated carbocycles. The van der Waals surface area contributed by atoms with Crippen LogP contribution in [0.15, 0.2) is 0 Å². The first-order valence-corrected chi connectivity index (χ1v) is 31.8. The molecule has 9 rings (SSSR count). The van der Waals surface area contributed by atoms with Gasteiger partial charge in [-0.1, -0.05) is 114 Å². The summed E-state index contributed by atoms with van der Waals surface area (Å²) in [5.74, 6) is 3.23. The van der Waals surface area contributed by atoms with E-state index in [2.05, 4.69) is 77.2 Å². The fraction of sp³-hybridized carbons (Fsp3) is 0.966. The zero-order valence-electron chi connectivity index (χ0n) is 45.8. The number of ether oxygens (including phenoxy) is 1. The van der Waals surface area contributed by atoms with E-state index in [4.69, 9.17) is 16.3 Å². The lowest BCUT2D eigenvalue weighted by atomic mass is 9.84. The third-order valence-corrected chi connectivity index (χ3v) is 16.7. The molecule has 0 aromatic rings. The summed E-state index contributed by atoms with van der Waals surface area (Å²) in [5.41, 5.74) is 0. The minimum atomic E-state index is -0.147. The maximum absolute atomic E-state index is 11.9. The summed E-state index contributed by atoms with van der Waals surface area (Å²) in [5, 5.41) is 3.20. The van der Waals surface area contributed by atoms with Crippen molar-refractivity contribution in [2.24, 2.45) is 23.7 Å². The van der Waals surface area contributed by atoms with Crippen LogP contribution in [-0.4, -0.2) is 140 Å². The number of hydrogen-bond acceptors (Lipinski definition) is 6. The molecule has 9 aliphatic rings. The van der Waals surface area contributed by atoms with E-state index in [0.717, 1.165) is 63.8 Å². The number of nitrogens with zero attached hydrogens (tertiary/aromatic N) is 4. The molecule has 4 aliphatic carbocycles. The average Bonchev–Trinajstić information content (AvgIpc) is 3.54. The number of quaternary nitrogens is 1. The molecule has 0 aromatic carbocycles. The van der Waals surface area contributed by atoms with Gasteiger partial charge in [0.2, 0.25) is 11.1 Å². The van der Waals surface area contributed by atoms with Crippen LogP contribution in [0.3, 0.4) is 0 Å². The quantitative estimate of drug-likeness (QED) is 0.102. The molecule has 0 unspecified atom stereocenters. The first-order valence-electron chi connectivity index (χ1n) is 29.9.